The van der Waals surface area contributed by atoms with Gasteiger partial charge in [0.05, 0.1) is 6.61 Å². The Balaban J connectivity index is 1.70. The van der Waals surface area contributed by atoms with Gasteiger partial charge in [-0.05, 0) is 97.4 Å². The maximum absolute atomic E-state index is 11.5. The second kappa shape index (κ2) is 13.7. The van der Waals surface area contributed by atoms with Gasteiger partial charge in [0.2, 0.25) is 0 Å². The van der Waals surface area contributed by atoms with Crippen molar-refractivity contribution in [2.45, 2.75) is 102 Å². The van der Waals surface area contributed by atoms with Crippen molar-refractivity contribution in [1.29, 1.82) is 0 Å². The third kappa shape index (κ3) is 8.43. The van der Waals surface area contributed by atoms with Gasteiger partial charge in [-0.25, -0.2) is 4.98 Å². The number of carbonyl (C=O) groups excluding carboxylic acids is 1. The van der Waals surface area contributed by atoms with E-state index in [9.17, 15) is 4.79 Å². The van der Waals surface area contributed by atoms with E-state index in [4.69, 9.17) is 4.74 Å². The van der Waals surface area contributed by atoms with Crippen LogP contribution in [0, 0.1) is 11.8 Å². The Morgan fingerprint density at radius 2 is 1.89 bits per heavy atom. The van der Waals surface area contributed by atoms with Crippen LogP contribution >= 0.6 is 11.8 Å². The molecule has 0 unspecified atom stereocenters. The van der Waals surface area contributed by atoms with Gasteiger partial charge in [0.25, 0.3) is 0 Å². The molecule has 0 atom stereocenters. The molecule has 0 bridgehead atoms. The molecule has 0 amide bonds. The average Bonchev–Trinajstić information content (AvgIpc) is 2.84. The Morgan fingerprint density at radius 3 is 2.63 bits per heavy atom. The van der Waals surface area contributed by atoms with Crippen LogP contribution in [0.3, 0.4) is 0 Å². The highest BCUT2D eigenvalue weighted by Crippen LogP contribution is 2.42. The Hall–Kier alpha value is -2.25. The normalized spacial score (nSPS) is 14.1. The molecule has 1 aromatic carbocycles. The second-order valence-electron chi connectivity index (χ2n) is 10.1. The average molecular weight is 492 g/mol. The monoisotopic (exact) mass is 491 g/mol. The Kier molecular flexibility index (Phi) is 10.7. The number of rotatable bonds is 11. The van der Waals surface area contributed by atoms with Crippen molar-refractivity contribution in [2.75, 3.05) is 12.4 Å². The van der Waals surface area contributed by atoms with E-state index in [1.807, 2.05) is 30.9 Å². The molecule has 1 aliphatic rings. The number of hydrogen-bond donors (Lipinski definition) is 0. The van der Waals surface area contributed by atoms with Crippen LogP contribution in [0.2, 0.25) is 0 Å². The molecule has 0 saturated heterocycles. The fraction of sp³-hybridized carbons (Fsp3) is 0.548. The molecular weight excluding hydrogens is 450 g/mol. The van der Waals surface area contributed by atoms with E-state index in [1.165, 1.54) is 65.0 Å². The summed E-state index contributed by atoms with van der Waals surface area (Å²) < 4.78 is 4.99. The van der Waals surface area contributed by atoms with E-state index < -0.39 is 0 Å². The number of ether oxygens (including phenoxy) is 1. The first-order valence-electron chi connectivity index (χ1n) is 13.4. The number of thioether (sulfide) groups is 1. The molecule has 3 rings (SSSR count). The Labute approximate surface area is 216 Å². The van der Waals surface area contributed by atoms with Crippen molar-refractivity contribution in [3.05, 3.63) is 58.4 Å². The van der Waals surface area contributed by atoms with Crippen molar-refractivity contribution in [2.24, 2.45) is 0 Å². The summed E-state index contributed by atoms with van der Waals surface area (Å²) in [6.07, 6.45) is 12.5. The highest BCUT2D eigenvalue weighted by molar-refractivity contribution is 7.99. The van der Waals surface area contributed by atoms with E-state index in [1.54, 1.807) is 0 Å². The lowest BCUT2D eigenvalue weighted by molar-refractivity contribution is -0.143. The van der Waals surface area contributed by atoms with Crippen molar-refractivity contribution in [3.63, 3.8) is 0 Å². The molecule has 0 aliphatic carbocycles. The lowest BCUT2D eigenvalue weighted by atomic mass is 9.80. The summed E-state index contributed by atoms with van der Waals surface area (Å²) in [5.41, 5.74) is 6.19. The van der Waals surface area contributed by atoms with E-state index in [2.05, 4.69) is 55.8 Å². The van der Waals surface area contributed by atoms with E-state index in [-0.39, 0.29) is 11.4 Å². The van der Waals surface area contributed by atoms with Crippen molar-refractivity contribution < 1.29 is 9.53 Å². The number of benzene rings is 1. The summed E-state index contributed by atoms with van der Waals surface area (Å²) in [6, 6.07) is 8.91. The fourth-order valence-corrected chi connectivity index (χ4v) is 6.04. The van der Waals surface area contributed by atoms with E-state index in [0.29, 0.717) is 13.0 Å². The first-order chi connectivity index (χ1) is 16.9. The molecule has 188 valence electrons. The molecule has 2 aromatic rings. The van der Waals surface area contributed by atoms with Crippen LogP contribution in [-0.2, 0) is 27.8 Å². The summed E-state index contributed by atoms with van der Waals surface area (Å²) in [5, 5.41) is 0. The fourth-order valence-electron chi connectivity index (χ4n) is 4.50. The van der Waals surface area contributed by atoms with Crippen molar-refractivity contribution in [1.82, 2.24) is 4.98 Å². The highest BCUT2D eigenvalue weighted by Gasteiger charge is 2.28. The number of aryl methyl sites for hydroxylation is 2. The summed E-state index contributed by atoms with van der Waals surface area (Å²) >= 11 is 2.00. The Bertz CT molecular complexity index is 1030. The third-order valence-corrected chi connectivity index (χ3v) is 7.83. The number of nitrogens with zero attached hydrogens (tertiary/aromatic N) is 1. The SMILES string of the molecule is CCCCCCc1cc2c(cc1C#Cc1ccc(CCCCC(=O)OCC)cn1)C(C)(C)CCS2. The first kappa shape index (κ1) is 27.3. The second-order valence-corrected chi connectivity index (χ2v) is 11.2. The zero-order valence-electron chi connectivity index (χ0n) is 22.0. The minimum Gasteiger partial charge on any atom is -0.466 e. The van der Waals surface area contributed by atoms with Gasteiger partial charge in [-0.3, -0.25) is 4.79 Å². The van der Waals surface area contributed by atoms with E-state index in [0.717, 1.165) is 31.4 Å². The Morgan fingerprint density at radius 1 is 1.06 bits per heavy atom. The molecule has 0 radical (unpaired) electrons. The molecule has 0 spiro atoms. The first-order valence-corrected chi connectivity index (χ1v) is 14.3. The molecule has 0 N–H and O–H groups in total. The molecule has 1 aromatic heterocycles. The van der Waals surface area contributed by atoms with Gasteiger partial charge < -0.3 is 4.74 Å². The van der Waals surface area contributed by atoms with Crippen LogP contribution in [-0.4, -0.2) is 23.3 Å². The van der Waals surface area contributed by atoms with Crippen molar-refractivity contribution in [3.8, 4) is 11.8 Å². The molecule has 2 heterocycles. The molecule has 0 saturated carbocycles. The van der Waals surface area contributed by atoms with Gasteiger partial charge in [-0.15, -0.1) is 11.8 Å². The number of hydrogen-bond acceptors (Lipinski definition) is 4. The summed E-state index contributed by atoms with van der Waals surface area (Å²) in [6.45, 7) is 9.27. The predicted octanol–water partition coefficient (Wildman–Crippen LogP) is 7.65. The highest BCUT2D eigenvalue weighted by atomic mass is 32.2. The van der Waals surface area contributed by atoms with E-state index >= 15 is 0 Å². The van der Waals surface area contributed by atoms with Crippen LogP contribution < -0.4 is 0 Å². The van der Waals surface area contributed by atoms with Gasteiger partial charge in [-0.2, -0.15) is 0 Å². The van der Waals surface area contributed by atoms with Gasteiger partial charge >= 0.3 is 5.97 Å². The lowest BCUT2D eigenvalue weighted by Crippen LogP contribution is -2.23. The minimum absolute atomic E-state index is 0.106. The number of aromatic nitrogens is 1. The molecule has 1 aliphatic heterocycles. The standard InChI is InChI=1S/C31H41NO2S/c1-5-7-8-9-13-25-22-29-28(31(3,4)19-20-35-29)21-26(25)16-18-27-17-15-24(23-32-27)12-10-11-14-30(33)34-6-2/h15,17,21-23H,5-14,19-20H2,1-4H3. The number of carbonyl (C=O) groups is 1. The van der Waals surface area contributed by atoms with Gasteiger partial charge in [-0.1, -0.05) is 52.0 Å². The molecule has 3 nitrogen and oxygen atoms in total. The lowest BCUT2D eigenvalue weighted by Gasteiger charge is -2.32. The zero-order chi connectivity index (χ0) is 25.1. The molecular formula is C31H41NO2S. The van der Waals surface area contributed by atoms with Gasteiger partial charge in [0.1, 0.15) is 5.69 Å². The largest absolute Gasteiger partial charge is 0.466 e. The minimum atomic E-state index is -0.106. The van der Waals surface area contributed by atoms with Crippen LogP contribution in [0.4, 0.5) is 0 Å². The van der Waals surface area contributed by atoms with Gasteiger partial charge in [0.15, 0.2) is 0 Å². The molecule has 35 heavy (non-hydrogen) atoms. The predicted molar refractivity (Wildman–Crippen MR) is 147 cm³/mol. The summed E-state index contributed by atoms with van der Waals surface area (Å²) in [7, 11) is 0. The van der Waals surface area contributed by atoms with Crippen molar-refractivity contribution >= 4 is 17.7 Å². The maximum Gasteiger partial charge on any atom is 0.305 e. The van der Waals surface area contributed by atoms with Crippen LogP contribution in [0.1, 0.15) is 107 Å². The number of fused-ring (bicyclic) bond motifs is 1. The van der Waals surface area contributed by atoms with Crippen LogP contribution in [0.25, 0.3) is 0 Å². The van der Waals surface area contributed by atoms with Gasteiger partial charge in [0, 0.05) is 23.1 Å². The zero-order valence-corrected chi connectivity index (χ0v) is 22.9. The van der Waals surface area contributed by atoms with Crippen LogP contribution in [0.5, 0.6) is 0 Å². The van der Waals surface area contributed by atoms with Crippen LogP contribution in [0.15, 0.2) is 35.4 Å². The summed E-state index contributed by atoms with van der Waals surface area (Å²) in [4.78, 5) is 17.5. The summed E-state index contributed by atoms with van der Waals surface area (Å²) in [5.74, 6) is 7.90. The smallest absolute Gasteiger partial charge is 0.305 e. The molecule has 4 heteroatoms. The third-order valence-electron chi connectivity index (χ3n) is 6.77. The maximum atomic E-state index is 11.5. The number of pyridine rings is 1. The number of unbranched alkanes of at least 4 members (excludes halogenated alkanes) is 4. The number of esters is 1. The topological polar surface area (TPSA) is 39.2 Å². The quantitative estimate of drug-likeness (QED) is 0.184. The molecule has 0 fully saturated rings.